The number of nitrogens with one attached hydrogen (secondary N) is 1. The average Bonchev–Trinajstić information content (AvgIpc) is 3.50. The number of carbonyl (C=O) groups excluding carboxylic acids is 2. The minimum Gasteiger partial charge on any atom is -0.342 e. The summed E-state index contributed by atoms with van der Waals surface area (Å²) in [6.45, 7) is 2.22. The highest BCUT2D eigenvalue weighted by Gasteiger charge is 2.35. The molecule has 3 aromatic rings. The van der Waals surface area contributed by atoms with Crippen LogP contribution in [0.2, 0.25) is 0 Å². The molecule has 0 radical (unpaired) electrons. The number of benzene rings is 1. The zero-order chi connectivity index (χ0) is 22.2. The van der Waals surface area contributed by atoms with E-state index in [1.807, 2.05) is 4.90 Å². The number of fused-ring (bicyclic) bond motifs is 1. The fraction of sp³-hybridized carbons (Fsp3) is 0.409. The van der Waals surface area contributed by atoms with E-state index in [1.54, 1.807) is 46.9 Å². The zero-order valence-corrected chi connectivity index (χ0v) is 18.1. The van der Waals surface area contributed by atoms with Crippen molar-refractivity contribution in [2.24, 2.45) is 0 Å². The minimum absolute atomic E-state index is 0.0208. The summed E-state index contributed by atoms with van der Waals surface area (Å²) >= 11 is 1.35. The quantitative estimate of drug-likeness (QED) is 0.616. The van der Waals surface area contributed by atoms with Crippen LogP contribution in [0.5, 0.6) is 0 Å². The standard InChI is InChI=1S/C22H23F2N5O2S/c23-19(24)13-27-6-3-14-9-15(1-2-18(14)27)21(30)29-11-17(12-29)26-16-4-7-28(10-16)22(31)20-25-5-8-32-20/h1-3,5-6,8-9,16-17,19,26H,4,7,10-13H2/t16-/m0/s1. The van der Waals surface area contributed by atoms with Crippen molar-refractivity contribution >= 4 is 34.1 Å². The average molecular weight is 460 g/mol. The molecule has 5 rings (SSSR count). The summed E-state index contributed by atoms with van der Waals surface area (Å²) in [5.74, 6) is -0.0777. The van der Waals surface area contributed by atoms with Crippen LogP contribution < -0.4 is 5.32 Å². The molecule has 4 heterocycles. The monoisotopic (exact) mass is 459 g/mol. The van der Waals surface area contributed by atoms with Gasteiger partial charge in [0.05, 0.1) is 6.54 Å². The number of carbonyl (C=O) groups is 2. The number of hydrogen-bond donors (Lipinski definition) is 1. The minimum atomic E-state index is -2.42. The third-order valence-corrected chi connectivity index (χ3v) is 6.84. The number of likely N-dealkylation sites (tertiary alicyclic amines) is 2. The number of rotatable bonds is 6. The van der Waals surface area contributed by atoms with Crippen LogP contribution in [-0.2, 0) is 6.54 Å². The van der Waals surface area contributed by atoms with Crippen molar-refractivity contribution in [3.05, 3.63) is 52.6 Å². The summed E-state index contributed by atoms with van der Waals surface area (Å²) in [4.78, 5) is 32.9. The Hall–Kier alpha value is -2.85. The summed E-state index contributed by atoms with van der Waals surface area (Å²) < 4.78 is 26.9. The lowest BCUT2D eigenvalue weighted by Gasteiger charge is -2.41. The molecule has 10 heteroatoms. The van der Waals surface area contributed by atoms with Gasteiger partial charge in [0.15, 0.2) is 5.01 Å². The molecule has 2 aromatic heterocycles. The van der Waals surface area contributed by atoms with Gasteiger partial charge in [0.25, 0.3) is 18.2 Å². The smallest absolute Gasteiger partial charge is 0.282 e. The van der Waals surface area contributed by atoms with Gasteiger partial charge >= 0.3 is 0 Å². The summed E-state index contributed by atoms with van der Waals surface area (Å²) in [5.41, 5.74) is 1.26. The van der Waals surface area contributed by atoms with Gasteiger partial charge in [0, 0.05) is 72.5 Å². The third kappa shape index (κ3) is 4.12. The number of nitrogens with zero attached hydrogens (tertiary/aromatic N) is 4. The number of hydrogen-bond acceptors (Lipinski definition) is 5. The van der Waals surface area contributed by atoms with E-state index in [2.05, 4.69) is 10.3 Å². The fourth-order valence-electron chi connectivity index (χ4n) is 4.45. The van der Waals surface area contributed by atoms with Gasteiger partial charge in [-0.3, -0.25) is 9.59 Å². The predicted octanol–water partition coefficient (Wildman–Crippen LogP) is 2.69. The van der Waals surface area contributed by atoms with Crippen molar-refractivity contribution in [1.82, 2.24) is 24.7 Å². The highest BCUT2D eigenvalue weighted by molar-refractivity contribution is 7.11. The number of aromatic nitrogens is 2. The van der Waals surface area contributed by atoms with Crippen molar-refractivity contribution in [3.63, 3.8) is 0 Å². The lowest BCUT2D eigenvalue weighted by Crippen LogP contribution is -2.62. The molecule has 0 saturated carbocycles. The Balaban J connectivity index is 1.13. The summed E-state index contributed by atoms with van der Waals surface area (Å²) in [6, 6.07) is 7.37. The first kappa shape index (κ1) is 21.0. The van der Waals surface area contributed by atoms with Crippen LogP contribution in [0.25, 0.3) is 10.9 Å². The third-order valence-electron chi connectivity index (χ3n) is 6.08. The van der Waals surface area contributed by atoms with Crippen LogP contribution in [0, 0.1) is 0 Å². The first-order valence-electron chi connectivity index (χ1n) is 10.6. The van der Waals surface area contributed by atoms with Gasteiger partial charge in [-0.25, -0.2) is 13.8 Å². The van der Waals surface area contributed by atoms with Gasteiger partial charge < -0.3 is 19.7 Å². The maximum atomic E-state index is 12.8. The molecule has 2 aliphatic rings. The maximum Gasteiger partial charge on any atom is 0.282 e. The zero-order valence-electron chi connectivity index (χ0n) is 17.3. The van der Waals surface area contributed by atoms with E-state index in [0.717, 1.165) is 11.8 Å². The summed E-state index contributed by atoms with van der Waals surface area (Å²) in [7, 11) is 0. The first-order chi connectivity index (χ1) is 15.5. The van der Waals surface area contributed by atoms with Gasteiger partial charge in [-0.2, -0.15) is 0 Å². The first-order valence-corrected chi connectivity index (χ1v) is 11.5. The molecule has 0 unspecified atom stereocenters. The molecular weight excluding hydrogens is 436 g/mol. The van der Waals surface area contributed by atoms with Crippen LogP contribution in [0.1, 0.15) is 26.6 Å². The number of amides is 2. The van der Waals surface area contributed by atoms with Crippen molar-refractivity contribution < 1.29 is 18.4 Å². The molecule has 2 saturated heterocycles. The SMILES string of the molecule is O=C(c1ccc2c(ccn2CC(F)F)c1)N1CC(N[C@H]2CCN(C(=O)c3nccs3)C2)C1. The molecule has 168 valence electrons. The Labute approximate surface area is 187 Å². The van der Waals surface area contributed by atoms with E-state index in [0.29, 0.717) is 42.3 Å². The summed E-state index contributed by atoms with van der Waals surface area (Å²) in [5, 5.41) is 6.66. The molecule has 2 aliphatic heterocycles. The van der Waals surface area contributed by atoms with Crippen LogP contribution >= 0.6 is 11.3 Å². The Bertz CT molecular complexity index is 1130. The second-order valence-corrected chi connectivity index (χ2v) is 9.18. The number of halogens is 2. The second kappa shape index (κ2) is 8.59. The molecule has 2 fully saturated rings. The molecule has 1 aromatic carbocycles. The van der Waals surface area contributed by atoms with E-state index >= 15 is 0 Å². The normalized spacial score (nSPS) is 19.2. The Morgan fingerprint density at radius 3 is 2.69 bits per heavy atom. The predicted molar refractivity (Wildman–Crippen MR) is 117 cm³/mol. The van der Waals surface area contributed by atoms with Gasteiger partial charge in [-0.1, -0.05) is 0 Å². The lowest BCUT2D eigenvalue weighted by molar-refractivity contribution is 0.0553. The highest BCUT2D eigenvalue weighted by Crippen LogP contribution is 2.22. The van der Waals surface area contributed by atoms with E-state index < -0.39 is 6.43 Å². The second-order valence-electron chi connectivity index (χ2n) is 8.28. The molecule has 1 N–H and O–H groups in total. The maximum absolute atomic E-state index is 12.8. The molecule has 0 spiro atoms. The van der Waals surface area contributed by atoms with Gasteiger partial charge in [-0.15, -0.1) is 11.3 Å². The number of alkyl halides is 2. The van der Waals surface area contributed by atoms with Crippen molar-refractivity contribution in [3.8, 4) is 0 Å². The van der Waals surface area contributed by atoms with Crippen LogP contribution in [0.3, 0.4) is 0 Å². The molecule has 2 amide bonds. The lowest BCUT2D eigenvalue weighted by atomic mass is 10.0. The molecule has 1 atom stereocenters. The number of thiazole rings is 1. The van der Waals surface area contributed by atoms with E-state index in [1.165, 1.54) is 15.9 Å². The van der Waals surface area contributed by atoms with Crippen molar-refractivity contribution in [2.75, 3.05) is 26.2 Å². The van der Waals surface area contributed by atoms with E-state index in [4.69, 9.17) is 0 Å². The Kier molecular flexibility index (Phi) is 5.64. The molecular formula is C22H23F2N5O2S. The highest BCUT2D eigenvalue weighted by atomic mass is 32.1. The molecule has 32 heavy (non-hydrogen) atoms. The van der Waals surface area contributed by atoms with E-state index in [-0.39, 0.29) is 30.4 Å². The summed E-state index contributed by atoms with van der Waals surface area (Å²) in [6.07, 6.45) is 1.72. The topological polar surface area (TPSA) is 70.5 Å². The molecule has 7 nitrogen and oxygen atoms in total. The van der Waals surface area contributed by atoms with Crippen LogP contribution in [0.4, 0.5) is 8.78 Å². The van der Waals surface area contributed by atoms with Gasteiger partial charge in [0.1, 0.15) is 0 Å². The van der Waals surface area contributed by atoms with Gasteiger partial charge in [0.2, 0.25) is 0 Å². The Morgan fingerprint density at radius 1 is 1.12 bits per heavy atom. The van der Waals surface area contributed by atoms with Crippen LogP contribution in [0.15, 0.2) is 42.0 Å². The van der Waals surface area contributed by atoms with Gasteiger partial charge in [-0.05, 0) is 30.7 Å². The molecule has 0 bridgehead atoms. The van der Waals surface area contributed by atoms with Crippen LogP contribution in [-0.4, -0.2) is 75.9 Å². The Morgan fingerprint density at radius 2 is 1.94 bits per heavy atom. The largest absolute Gasteiger partial charge is 0.342 e. The van der Waals surface area contributed by atoms with E-state index in [9.17, 15) is 18.4 Å². The molecule has 0 aliphatic carbocycles. The van der Waals surface area contributed by atoms with Crippen molar-refractivity contribution in [1.29, 1.82) is 0 Å². The van der Waals surface area contributed by atoms with Crippen molar-refractivity contribution in [2.45, 2.75) is 31.5 Å². The fourth-order valence-corrected chi connectivity index (χ4v) is 5.05.